The summed E-state index contributed by atoms with van der Waals surface area (Å²) < 4.78 is 49.0. The minimum Gasteiger partial charge on any atom is -0.447 e. The third-order valence-corrected chi connectivity index (χ3v) is 5.88. The summed E-state index contributed by atoms with van der Waals surface area (Å²) in [6, 6.07) is 8.93. The Morgan fingerprint density at radius 3 is 2.52 bits per heavy atom. The van der Waals surface area contributed by atoms with Crippen molar-refractivity contribution in [1.82, 2.24) is 9.29 Å². The van der Waals surface area contributed by atoms with Gasteiger partial charge in [-0.05, 0) is 36.4 Å². The van der Waals surface area contributed by atoms with Gasteiger partial charge in [-0.3, -0.25) is 0 Å². The first-order valence-electron chi connectivity index (χ1n) is 7.22. The van der Waals surface area contributed by atoms with Crippen molar-refractivity contribution in [1.29, 1.82) is 0 Å². The van der Waals surface area contributed by atoms with Gasteiger partial charge in [0.1, 0.15) is 11.6 Å². The van der Waals surface area contributed by atoms with E-state index in [1.54, 1.807) is 24.4 Å². The molecule has 0 unspecified atom stereocenters. The lowest BCUT2D eigenvalue weighted by Crippen LogP contribution is -2.21. The zero-order chi connectivity index (χ0) is 18.0. The maximum Gasteiger partial charge on any atom is 0.275 e. The van der Waals surface area contributed by atoms with E-state index in [4.69, 9.17) is 8.83 Å². The molecule has 6 nitrogen and oxygen atoms in total. The molecule has 0 saturated carbocycles. The molecule has 0 fully saturated rings. The maximum atomic E-state index is 12.9. The Labute approximate surface area is 148 Å². The Morgan fingerprint density at radius 2 is 1.84 bits per heavy atom. The van der Waals surface area contributed by atoms with Gasteiger partial charge in [0.2, 0.25) is 5.09 Å². The molecule has 0 radical (unpaired) electrons. The number of oxazole rings is 1. The summed E-state index contributed by atoms with van der Waals surface area (Å²) >= 11 is 1.27. The van der Waals surface area contributed by atoms with Crippen LogP contribution in [0.25, 0.3) is 11.3 Å². The highest BCUT2D eigenvalue weighted by atomic mass is 32.2. The fourth-order valence-corrected chi connectivity index (χ4v) is 3.47. The highest BCUT2D eigenvalue weighted by Crippen LogP contribution is 2.28. The van der Waals surface area contributed by atoms with Crippen LogP contribution in [0.1, 0.15) is 5.76 Å². The van der Waals surface area contributed by atoms with Crippen LogP contribution in [0.15, 0.2) is 61.7 Å². The van der Waals surface area contributed by atoms with E-state index in [2.05, 4.69) is 4.98 Å². The molecule has 0 bridgehead atoms. The minimum atomic E-state index is -3.59. The van der Waals surface area contributed by atoms with Crippen molar-refractivity contribution in [3.8, 4) is 11.3 Å². The molecule has 0 amide bonds. The number of nitrogens with zero attached hydrogens (tertiary/aromatic N) is 2. The van der Waals surface area contributed by atoms with E-state index < -0.39 is 10.0 Å². The van der Waals surface area contributed by atoms with Crippen LogP contribution in [0, 0.1) is 5.82 Å². The largest absolute Gasteiger partial charge is 0.447 e. The van der Waals surface area contributed by atoms with Gasteiger partial charge in [0, 0.05) is 19.7 Å². The zero-order valence-electron chi connectivity index (χ0n) is 13.5. The highest BCUT2D eigenvalue weighted by Gasteiger charge is 2.21. The Morgan fingerprint density at radius 1 is 1.12 bits per heavy atom. The summed E-state index contributed by atoms with van der Waals surface area (Å²) in [7, 11) is -0.706. The molecule has 0 N–H and O–H groups in total. The lowest BCUT2D eigenvalue weighted by atomic mass is 10.2. The number of benzene rings is 1. The molecule has 0 saturated heterocycles. The highest BCUT2D eigenvalue weighted by molar-refractivity contribution is 7.98. The summed E-state index contributed by atoms with van der Waals surface area (Å²) in [5, 5.41) is 0.306. The number of hydrogen-bond acceptors (Lipinski definition) is 6. The van der Waals surface area contributed by atoms with Crippen LogP contribution < -0.4 is 0 Å². The predicted molar refractivity (Wildman–Crippen MR) is 91.0 cm³/mol. The topological polar surface area (TPSA) is 76.6 Å². The second-order valence-electron chi connectivity index (χ2n) is 5.29. The molecule has 9 heteroatoms. The van der Waals surface area contributed by atoms with E-state index >= 15 is 0 Å². The van der Waals surface area contributed by atoms with Crippen molar-refractivity contribution in [3.63, 3.8) is 0 Å². The van der Waals surface area contributed by atoms with Crippen LogP contribution >= 0.6 is 11.8 Å². The quantitative estimate of drug-likeness (QED) is 0.606. The molecule has 132 valence electrons. The van der Waals surface area contributed by atoms with Gasteiger partial charge in [0.25, 0.3) is 15.2 Å². The lowest BCUT2D eigenvalue weighted by molar-refractivity contribution is 0.407. The van der Waals surface area contributed by atoms with Gasteiger partial charge >= 0.3 is 0 Å². The van der Waals surface area contributed by atoms with Gasteiger partial charge in [-0.25, -0.2) is 22.1 Å². The van der Waals surface area contributed by atoms with Crippen LogP contribution in [0.5, 0.6) is 0 Å². The Bertz CT molecular complexity index is 962. The van der Waals surface area contributed by atoms with Crippen LogP contribution in [0.4, 0.5) is 4.39 Å². The molecule has 0 aliphatic heterocycles. The van der Waals surface area contributed by atoms with Crippen molar-refractivity contribution in [2.75, 3.05) is 14.1 Å². The van der Waals surface area contributed by atoms with Gasteiger partial charge in [0.05, 0.1) is 11.9 Å². The number of hydrogen-bond donors (Lipinski definition) is 0. The standard InChI is InChI=1S/C16H15FN2O4S2/c1-19(2)25(20,21)15-8-7-13(22-15)10-24-16-18-9-14(23-16)11-3-5-12(17)6-4-11/h3-9H,10H2,1-2H3. The van der Waals surface area contributed by atoms with Gasteiger partial charge in [-0.1, -0.05) is 11.8 Å². The first-order chi connectivity index (χ1) is 11.9. The molecule has 25 heavy (non-hydrogen) atoms. The Kier molecular flexibility index (Phi) is 4.98. The summed E-state index contributed by atoms with van der Waals surface area (Å²) in [4.78, 5) is 4.15. The van der Waals surface area contributed by atoms with E-state index in [-0.39, 0.29) is 10.9 Å². The first kappa shape index (κ1) is 17.7. The smallest absolute Gasteiger partial charge is 0.275 e. The van der Waals surface area contributed by atoms with Crippen molar-refractivity contribution in [3.05, 3.63) is 54.2 Å². The van der Waals surface area contributed by atoms with E-state index in [1.807, 2.05) is 0 Å². The number of halogens is 1. The third-order valence-electron chi connectivity index (χ3n) is 3.32. The van der Waals surface area contributed by atoms with Crippen LogP contribution in [0.2, 0.25) is 0 Å². The fraction of sp³-hybridized carbons (Fsp3) is 0.188. The predicted octanol–water partition coefficient (Wildman–Crippen LogP) is 3.62. The van der Waals surface area contributed by atoms with E-state index in [0.717, 1.165) is 9.87 Å². The lowest BCUT2D eigenvalue weighted by Gasteiger charge is -2.07. The minimum absolute atomic E-state index is 0.104. The number of furan rings is 1. The van der Waals surface area contributed by atoms with Crippen molar-refractivity contribution in [2.24, 2.45) is 0 Å². The molecule has 3 aromatic rings. The summed E-state index contributed by atoms with van der Waals surface area (Å²) in [6.07, 6.45) is 1.56. The number of sulfonamides is 1. The van der Waals surface area contributed by atoms with E-state index in [1.165, 1.54) is 44.1 Å². The maximum absolute atomic E-state index is 12.9. The molecule has 1 aromatic carbocycles. The van der Waals surface area contributed by atoms with Crippen molar-refractivity contribution >= 4 is 21.8 Å². The number of aromatic nitrogens is 1. The van der Waals surface area contributed by atoms with Crippen LogP contribution in [0.3, 0.4) is 0 Å². The monoisotopic (exact) mass is 382 g/mol. The normalized spacial score (nSPS) is 12.0. The Balaban J connectivity index is 1.67. The summed E-state index contributed by atoms with van der Waals surface area (Å²) in [5.41, 5.74) is 0.720. The number of thioether (sulfide) groups is 1. The molecule has 3 rings (SSSR count). The summed E-state index contributed by atoms with van der Waals surface area (Å²) in [6.45, 7) is 0. The van der Waals surface area contributed by atoms with Crippen molar-refractivity contribution < 1.29 is 21.6 Å². The van der Waals surface area contributed by atoms with E-state index in [0.29, 0.717) is 22.5 Å². The molecule has 0 spiro atoms. The average molecular weight is 382 g/mol. The molecular formula is C16H15FN2O4S2. The molecule has 2 aromatic heterocycles. The SMILES string of the molecule is CN(C)S(=O)(=O)c1ccc(CSc2ncc(-c3ccc(F)cc3)o2)o1. The molecule has 2 heterocycles. The van der Waals surface area contributed by atoms with Crippen LogP contribution in [-0.4, -0.2) is 31.8 Å². The van der Waals surface area contributed by atoms with Gasteiger partial charge < -0.3 is 8.83 Å². The van der Waals surface area contributed by atoms with Crippen molar-refractivity contribution in [2.45, 2.75) is 16.1 Å². The molecular weight excluding hydrogens is 367 g/mol. The second-order valence-corrected chi connectivity index (χ2v) is 8.30. The van der Waals surface area contributed by atoms with Crippen LogP contribution in [-0.2, 0) is 15.8 Å². The number of rotatable bonds is 6. The molecule has 0 aliphatic rings. The summed E-state index contributed by atoms with van der Waals surface area (Å²) in [5.74, 6) is 1.07. The third kappa shape index (κ3) is 3.94. The van der Waals surface area contributed by atoms with Gasteiger partial charge in [-0.2, -0.15) is 0 Å². The van der Waals surface area contributed by atoms with E-state index in [9.17, 15) is 12.8 Å². The first-order valence-corrected chi connectivity index (χ1v) is 9.64. The molecule has 0 aliphatic carbocycles. The zero-order valence-corrected chi connectivity index (χ0v) is 15.1. The Hall–Kier alpha value is -2.10. The van der Waals surface area contributed by atoms with Gasteiger partial charge in [-0.15, -0.1) is 0 Å². The molecule has 0 atom stereocenters. The van der Waals surface area contributed by atoms with Gasteiger partial charge in [0.15, 0.2) is 5.76 Å². The fourth-order valence-electron chi connectivity index (χ4n) is 1.96. The second kappa shape index (κ2) is 7.03. The average Bonchev–Trinajstić information content (AvgIpc) is 3.23.